The summed E-state index contributed by atoms with van der Waals surface area (Å²) < 4.78 is 258. The van der Waals surface area contributed by atoms with Gasteiger partial charge in [0.05, 0.1) is 31.0 Å². The SMILES string of the molecule is COc1ccc(N=Nc2c(S(=O)(=O)O)cc3cc(N=Nc4c(S(=O)(=O)O)cc5c(S(=O)(=O)O)cc(N=Nc6ccc7c(O)c(N=Nc8ccc(OC)cc8S(=O)(=O)O)c(S(=O)(=O)O)cc7c6S(=O)(=O)O)c(N)c5c4O)ccc3c2O)c(S(=O)(=O)O)c1. The number of nitrogens with zero attached hydrogens (tertiary/aromatic N) is 8. The van der Waals surface area contributed by atoms with E-state index in [0.29, 0.717) is 30.3 Å². The van der Waals surface area contributed by atoms with E-state index < -0.39 is 195 Å². The summed E-state index contributed by atoms with van der Waals surface area (Å²) in [4.78, 5) is -8.65. The minimum Gasteiger partial charge on any atom is -0.505 e. The van der Waals surface area contributed by atoms with Crippen molar-refractivity contribution in [1.82, 2.24) is 0 Å². The number of rotatable bonds is 17. The van der Waals surface area contributed by atoms with Gasteiger partial charge in [0, 0.05) is 33.7 Å². The maximum Gasteiger partial charge on any atom is 0.297 e. The molecule has 8 aromatic rings. The molecule has 0 unspecified atom stereocenters. The number of methoxy groups -OCH3 is 2. The summed E-state index contributed by atoms with van der Waals surface area (Å²) in [5, 5.41) is 59.1. The number of benzene rings is 8. The van der Waals surface area contributed by atoms with E-state index in [4.69, 9.17) is 15.2 Å². The minimum atomic E-state index is -5.72. The zero-order chi connectivity index (χ0) is 63.8. The summed E-state index contributed by atoms with van der Waals surface area (Å²) in [5.41, 5.74) is -1.73. The van der Waals surface area contributed by atoms with Gasteiger partial charge < -0.3 is 30.5 Å². The molecule has 0 spiro atoms. The van der Waals surface area contributed by atoms with Crippen molar-refractivity contribution >= 4 is 154 Å². The molecule has 0 amide bonds. The molecule has 0 bridgehead atoms. The first-order valence-electron chi connectivity index (χ1n) is 22.2. The van der Waals surface area contributed by atoms with Crippen LogP contribution in [0.2, 0.25) is 0 Å². The van der Waals surface area contributed by atoms with Gasteiger partial charge in [0.25, 0.3) is 70.8 Å². The Morgan fingerprint density at radius 1 is 0.349 bits per heavy atom. The third kappa shape index (κ3) is 12.6. The fourth-order valence-corrected chi connectivity index (χ4v) is 12.8. The Morgan fingerprint density at radius 3 is 1.21 bits per heavy atom. The lowest BCUT2D eigenvalue weighted by atomic mass is 10.0. The zero-order valence-electron chi connectivity index (χ0n) is 42.2. The molecular formula is C44H33N9O26S7. The van der Waals surface area contributed by atoms with E-state index in [1.807, 2.05) is 0 Å². The predicted octanol–water partition coefficient (Wildman–Crippen LogP) is 8.25. The molecule has 0 heterocycles. The van der Waals surface area contributed by atoms with Crippen LogP contribution < -0.4 is 15.2 Å². The maximum absolute atomic E-state index is 13.1. The fraction of sp³-hybridized carbons (Fsp3) is 0.0455. The van der Waals surface area contributed by atoms with E-state index in [9.17, 15) is 106 Å². The highest BCUT2D eigenvalue weighted by Crippen LogP contribution is 2.51. The number of aromatic hydroxyl groups is 3. The Labute approximate surface area is 482 Å². The first-order valence-corrected chi connectivity index (χ1v) is 32.3. The lowest BCUT2D eigenvalue weighted by Crippen LogP contribution is -2.04. The number of phenols is 3. The number of ether oxygens (including phenoxy) is 2. The van der Waals surface area contributed by atoms with Gasteiger partial charge in [-0.3, -0.25) is 31.9 Å². The number of azo groups is 4. The van der Waals surface area contributed by atoms with E-state index in [1.54, 1.807) is 0 Å². The topological polar surface area (TPSA) is 585 Å². The standard InChI is InChI=1S/C44H33N9O26S7/c1-78-20-4-8-26(31(13-20)81(60,61)62)47-52-38-33(83(66,67)68)12-18-11-19(3-6-22(18)41(38)54)46-51-40-35(85(72,73)74)16-25-30(80(57,58)59)17-29(37(45)36(25)43(40)56)50-49-28-10-7-23-24(44(28)86(75,76)77)15-34(84(69,70)71)39(42(23)55)53-48-27-9-5-21(79-2)14-32(27)82(63,64)65/h3-17,54-56H,45H2,1-2H3,(H,57,58,59)(H,60,61,62)(H,63,64,65)(H,66,67,68)(H,69,70,71)(H,72,73,74)(H,75,76,77). The molecule has 35 nitrogen and oxygen atoms in total. The van der Waals surface area contributed by atoms with Gasteiger partial charge in [-0.15, -0.1) is 35.8 Å². The van der Waals surface area contributed by atoms with Crippen molar-refractivity contribution < 1.29 is 116 Å². The van der Waals surface area contributed by atoms with Gasteiger partial charge in [-0.1, -0.05) is 0 Å². The van der Waals surface area contributed by atoms with Crippen LogP contribution in [0.1, 0.15) is 0 Å². The number of hydrogen-bond acceptors (Lipinski definition) is 28. The summed E-state index contributed by atoms with van der Waals surface area (Å²) in [6.07, 6.45) is 0. The zero-order valence-corrected chi connectivity index (χ0v) is 47.9. The van der Waals surface area contributed by atoms with Crippen LogP contribution in [0.15, 0.2) is 166 Å². The average molecular weight is 1330 g/mol. The number of nitrogen functional groups attached to an aromatic ring is 1. The molecule has 0 aliphatic rings. The highest BCUT2D eigenvalue weighted by Gasteiger charge is 2.32. The van der Waals surface area contributed by atoms with Crippen LogP contribution in [0.25, 0.3) is 32.3 Å². The molecule has 0 aliphatic heterocycles. The van der Waals surface area contributed by atoms with Crippen molar-refractivity contribution in [3.05, 3.63) is 91.0 Å². The van der Waals surface area contributed by atoms with Gasteiger partial charge in [0.15, 0.2) is 17.2 Å². The monoisotopic (exact) mass is 1330 g/mol. The van der Waals surface area contributed by atoms with E-state index >= 15 is 0 Å². The van der Waals surface area contributed by atoms with E-state index in [1.165, 1.54) is 13.2 Å². The third-order valence-electron chi connectivity index (χ3n) is 11.8. The Morgan fingerprint density at radius 2 is 0.744 bits per heavy atom. The molecule has 0 atom stereocenters. The molecule has 0 fully saturated rings. The van der Waals surface area contributed by atoms with E-state index in [0.717, 1.165) is 61.7 Å². The average Bonchev–Trinajstić information content (AvgIpc) is 0.766. The highest BCUT2D eigenvalue weighted by molar-refractivity contribution is 7.87. The van der Waals surface area contributed by atoms with Crippen LogP contribution in [-0.4, -0.2) is 120 Å². The van der Waals surface area contributed by atoms with Crippen molar-refractivity contribution in [2.24, 2.45) is 40.9 Å². The third-order valence-corrected chi connectivity index (χ3v) is 18.0. The second kappa shape index (κ2) is 22.2. The predicted molar refractivity (Wildman–Crippen MR) is 293 cm³/mol. The first-order chi connectivity index (χ1) is 39.6. The highest BCUT2D eigenvalue weighted by atomic mass is 32.2. The molecule has 8 aromatic carbocycles. The molecule has 0 radical (unpaired) electrons. The largest absolute Gasteiger partial charge is 0.505 e. The molecular weight excluding hydrogens is 1290 g/mol. The Kier molecular flexibility index (Phi) is 16.3. The molecule has 8 rings (SSSR count). The summed E-state index contributed by atoms with van der Waals surface area (Å²) >= 11 is 0. The summed E-state index contributed by atoms with van der Waals surface area (Å²) in [5.74, 6) is -4.00. The van der Waals surface area contributed by atoms with Crippen molar-refractivity contribution in [1.29, 1.82) is 0 Å². The van der Waals surface area contributed by atoms with Gasteiger partial charge in [-0.25, -0.2) is 0 Å². The maximum atomic E-state index is 13.1. The van der Waals surface area contributed by atoms with Crippen molar-refractivity contribution in [3.63, 3.8) is 0 Å². The van der Waals surface area contributed by atoms with E-state index in [2.05, 4.69) is 40.9 Å². The first kappa shape index (κ1) is 63.1. The number of fused-ring (bicyclic) bond motifs is 3. The number of anilines is 1. The van der Waals surface area contributed by atoms with Crippen LogP contribution >= 0.6 is 0 Å². The van der Waals surface area contributed by atoms with Gasteiger partial charge >= 0.3 is 0 Å². The van der Waals surface area contributed by atoms with Crippen LogP contribution in [-0.2, 0) is 70.8 Å². The minimum absolute atomic E-state index is 0.0711. The van der Waals surface area contributed by atoms with E-state index in [-0.39, 0.29) is 22.3 Å². The molecule has 452 valence electrons. The lowest BCUT2D eigenvalue weighted by molar-refractivity contribution is 0.412. The lowest BCUT2D eigenvalue weighted by Gasteiger charge is -2.15. The second-order valence-corrected chi connectivity index (χ2v) is 26.9. The Balaban J connectivity index is 1.27. The van der Waals surface area contributed by atoms with Gasteiger partial charge in [0.2, 0.25) is 0 Å². The summed E-state index contributed by atoms with van der Waals surface area (Å²) in [7, 11) is -35.8. The van der Waals surface area contributed by atoms with Gasteiger partial charge in [0.1, 0.15) is 85.6 Å². The molecule has 0 saturated heterocycles. The summed E-state index contributed by atoms with van der Waals surface area (Å²) in [6, 6.07) is 12.0. The van der Waals surface area contributed by atoms with Crippen LogP contribution in [0.5, 0.6) is 28.7 Å². The van der Waals surface area contributed by atoms with Crippen molar-refractivity contribution in [2.45, 2.75) is 34.3 Å². The van der Waals surface area contributed by atoms with Crippen LogP contribution in [0.4, 0.5) is 51.2 Å². The van der Waals surface area contributed by atoms with Crippen molar-refractivity contribution in [3.8, 4) is 28.7 Å². The number of phenolic OH excluding ortho intramolecular Hbond substituents is 3. The fourth-order valence-electron chi connectivity index (χ4n) is 8.06. The van der Waals surface area contributed by atoms with Gasteiger partial charge in [-0.05, 0) is 84.2 Å². The normalized spacial score (nSPS) is 13.4. The van der Waals surface area contributed by atoms with Crippen molar-refractivity contribution in [2.75, 3.05) is 20.0 Å². The molecule has 12 N–H and O–H groups in total. The number of hydrogen-bond donors (Lipinski definition) is 11. The Bertz CT molecular complexity index is 5280. The molecule has 86 heavy (non-hydrogen) atoms. The molecule has 0 aromatic heterocycles. The molecule has 42 heteroatoms. The smallest absolute Gasteiger partial charge is 0.297 e. The quantitative estimate of drug-likeness (QED) is 0.0232. The van der Waals surface area contributed by atoms with Crippen LogP contribution in [0, 0.1) is 0 Å². The van der Waals surface area contributed by atoms with Gasteiger partial charge in [-0.2, -0.15) is 64.0 Å². The summed E-state index contributed by atoms with van der Waals surface area (Å²) in [6.45, 7) is 0. The second-order valence-electron chi connectivity index (χ2n) is 17.2. The van der Waals surface area contributed by atoms with Crippen LogP contribution in [0.3, 0.4) is 0 Å². The molecule has 0 aliphatic carbocycles. The molecule has 0 saturated carbocycles. The Hall–Kier alpha value is -8.89. The number of nitrogens with two attached hydrogens (primary N) is 1.